The SMILES string of the molecule is O=C(NC1CCNC1)c1ccc(Br)c(O)c1. The average molecular weight is 285 g/mol. The van der Waals surface area contributed by atoms with Gasteiger partial charge in [0, 0.05) is 18.2 Å². The first-order valence-electron chi connectivity index (χ1n) is 5.17. The van der Waals surface area contributed by atoms with Crippen molar-refractivity contribution in [1.29, 1.82) is 0 Å². The van der Waals surface area contributed by atoms with Crippen molar-refractivity contribution < 1.29 is 9.90 Å². The molecule has 16 heavy (non-hydrogen) atoms. The highest BCUT2D eigenvalue weighted by Gasteiger charge is 2.17. The Balaban J connectivity index is 2.05. The Morgan fingerprint density at radius 1 is 1.56 bits per heavy atom. The number of halogens is 1. The molecule has 1 aliphatic heterocycles. The van der Waals surface area contributed by atoms with Crippen LogP contribution in [0.5, 0.6) is 5.75 Å². The molecular formula is C11H13BrN2O2. The minimum absolute atomic E-state index is 0.0807. The lowest BCUT2D eigenvalue weighted by Gasteiger charge is -2.11. The summed E-state index contributed by atoms with van der Waals surface area (Å²) in [5, 5.41) is 15.6. The molecule has 0 saturated carbocycles. The number of hydrogen-bond acceptors (Lipinski definition) is 3. The van der Waals surface area contributed by atoms with Gasteiger partial charge in [-0.15, -0.1) is 0 Å². The van der Waals surface area contributed by atoms with Gasteiger partial charge in [-0.05, 0) is 47.1 Å². The fourth-order valence-corrected chi connectivity index (χ4v) is 1.95. The fourth-order valence-electron chi connectivity index (χ4n) is 1.70. The molecule has 1 fully saturated rings. The molecule has 1 aromatic rings. The first kappa shape index (κ1) is 11.4. The number of aromatic hydroxyl groups is 1. The van der Waals surface area contributed by atoms with Gasteiger partial charge in [0.2, 0.25) is 0 Å². The second-order valence-electron chi connectivity index (χ2n) is 3.83. The van der Waals surface area contributed by atoms with Crippen LogP contribution < -0.4 is 10.6 Å². The molecule has 1 unspecified atom stereocenters. The third kappa shape index (κ3) is 2.54. The molecule has 1 aliphatic rings. The molecule has 0 radical (unpaired) electrons. The van der Waals surface area contributed by atoms with E-state index in [0.717, 1.165) is 19.5 Å². The van der Waals surface area contributed by atoms with Crippen molar-refractivity contribution in [2.45, 2.75) is 12.5 Å². The number of amides is 1. The van der Waals surface area contributed by atoms with Gasteiger partial charge in [-0.1, -0.05) is 0 Å². The van der Waals surface area contributed by atoms with E-state index in [2.05, 4.69) is 26.6 Å². The van der Waals surface area contributed by atoms with Gasteiger partial charge in [-0.25, -0.2) is 0 Å². The van der Waals surface area contributed by atoms with E-state index in [1.54, 1.807) is 12.1 Å². The predicted octanol–water partition coefficient (Wildman–Crippen LogP) is 1.25. The van der Waals surface area contributed by atoms with Crippen LogP contribution >= 0.6 is 15.9 Å². The van der Waals surface area contributed by atoms with E-state index in [9.17, 15) is 9.90 Å². The maximum Gasteiger partial charge on any atom is 0.251 e. The van der Waals surface area contributed by atoms with Gasteiger partial charge in [0.1, 0.15) is 5.75 Å². The molecule has 1 heterocycles. The number of phenolic OH excluding ortho intramolecular Hbond substituents is 1. The summed E-state index contributed by atoms with van der Waals surface area (Å²) in [7, 11) is 0. The zero-order valence-corrected chi connectivity index (χ0v) is 10.3. The topological polar surface area (TPSA) is 61.4 Å². The summed E-state index contributed by atoms with van der Waals surface area (Å²) in [4.78, 5) is 11.8. The smallest absolute Gasteiger partial charge is 0.251 e. The number of benzene rings is 1. The lowest BCUT2D eigenvalue weighted by molar-refractivity contribution is 0.0939. The fraction of sp³-hybridized carbons (Fsp3) is 0.364. The zero-order valence-electron chi connectivity index (χ0n) is 8.66. The molecule has 1 atom stereocenters. The minimum atomic E-state index is -0.142. The molecule has 1 saturated heterocycles. The molecule has 3 N–H and O–H groups in total. The number of carbonyl (C=O) groups is 1. The molecule has 2 rings (SSSR count). The maximum atomic E-state index is 11.8. The standard InChI is InChI=1S/C11H13BrN2O2/c12-9-2-1-7(5-10(9)15)11(16)14-8-3-4-13-6-8/h1-2,5,8,13,15H,3-4,6H2,(H,14,16). The molecule has 4 nitrogen and oxygen atoms in total. The van der Waals surface area contributed by atoms with Crippen LogP contribution in [0, 0.1) is 0 Å². The van der Waals surface area contributed by atoms with E-state index >= 15 is 0 Å². The number of nitrogens with one attached hydrogen (secondary N) is 2. The quantitative estimate of drug-likeness (QED) is 0.766. The highest BCUT2D eigenvalue weighted by molar-refractivity contribution is 9.10. The van der Waals surface area contributed by atoms with Crippen molar-refractivity contribution in [3.8, 4) is 5.75 Å². The van der Waals surface area contributed by atoms with Crippen LogP contribution in [0.15, 0.2) is 22.7 Å². The summed E-state index contributed by atoms with van der Waals surface area (Å²) in [5.41, 5.74) is 0.479. The summed E-state index contributed by atoms with van der Waals surface area (Å²) >= 11 is 3.17. The Kier molecular flexibility index (Phi) is 3.46. The lowest BCUT2D eigenvalue weighted by atomic mass is 10.2. The van der Waals surface area contributed by atoms with Gasteiger partial charge in [-0.2, -0.15) is 0 Å². The monoisotopic (exact) mass is 284 g/mol. The molecule has 0 aromatic heterocycles. The minimum Gasteiger partial charge on any atom is -0.507 e. The molecular weight excluding hydrogens is 272 g/mol. The molecule has 0 bridgehead atoms. The number of carbonyl (C=O) groups excluding carboxylic acids is 1. The first-order valence-corrected chi connectivity index (χ1v) is 5.96. The molecule has 86 valence electrons. The Morgan fingerprint density at radius 3 is 3.00 bits per heavy atom. The van der Waals surface area contributed by atoms with Crippen molar-refractivity contribution in [2.24, 2.45) is 0 Å². The van der Waals surface area contributed by atoms with Crippen LogP contribution in [0.2, 0.25) is 0 Å². The van der Waals surface area contributed by atoms with E-state index in [0.29, 0.717) is 10.0 Å². The summed E-state index contributed by atoms with van der Waals surface area (Å²) in [5.74, 6) is -0.0614. The second-order valence-corrected chi connectivity index (χ2v) is 4.68. The van der Waals surface area contributed by atoms with E-state index in [4.69, 9.17) is 0 Å². The highest BCUT2D eigenvalue weighted by atomic mass is 79.9. The Labute approximate surface area is 102 Å². The molecule has 5 heteroatoms. The van der Waals surface area contributed by atoms with Crippen molar-refractivity contribution in [1.82, 2.24) is 10.6 Å². The lowest BCUT2D eigenvalue weighted by Crippen LogP contribution is -2.36. The number of hydrogen-bond donors (Lipinski definition) is 3. The van der Waals surface area contributed by atoms with Crippen LogP contribution in [0.3, 0.4) is 0 Å². The van der Waals surface area contributed by atoms with Gasteiger partial charge in [0.05, 0.1) is 4.47 Å². The van der Waals surface area contributed by atoms with E-state index in [1.807, 2.05) is 0 Å². The summed E-state index contributed by atoms with van der Waals surface area (Å²) in [6, 6.07) is 5.00. The van der Waals surface area contributed by atoms with Crippen molar-refractivity contribution in [3.05, 3.63) is 28.2 Å². The van der Waals surface area contributed by atoms with Crippen LogP contribution in [0.4, 0.5) is 0 Å². The van der Waals surface area contributed by atoms with Gasteiger partial charge in [-0.3, -0.25) is 4.79 Å². The number of phenols is 1. The maximum absolute atomic E-state index is 11.8. The van der Waals surface area contributed by atoms with Gasteiger partial charge < -0.3 is 15.7 Å². The van der Waals surface area contributed by atoms with Crippen LogP contribution in [0.25, 0.3) is 0 Å². The molecule has 1 aromatic carbocycles. The zero-order chi connectivity index (χ0) is 11.5. The summed E-state index contributed by atoms with van der Waals surface area (Å²) in [6.45, 7) is 1.75. The van der Waals surface area contributed by atoms with Gasteiger partial charge in [0.15, 0.2) is 0 Å². The highest BCUT2D eigenvalue weighted by Crippen LogP contribution is 2.24. The summed E-state index contributed by atoms with van der Waals surface area (Å²) in [6.07, 6.45) is 0.953. The third-order valence-corrected chi connectivity index (χ3v) is 3.27. The van der Waals surface area contributed by atoms with E-state index < -0.39 is 0 Å². The Morgan fingerprint density at radius 2 is 2.38 bits per heavy atom. The first-order chi connectivity index (χ1) is 7.66. The predicted molar refractivity (Wildman–Crippen MR) is 64.5 cm³/mol. The Hall–Kier alpha value is -1.07. The normalized spacial score (nSPS) is 19.7. The van der Waals surface area contributed by atoms with Crippen LogP contribution in [-0.2, 0) is 0 Å². The molecule has 1 amide bonds. The van der Waals surface area contributed by atoms with Crippen LogP contribution in [0.1, 0.15) is 16.8 Å². The van der Waals surface area contributed by atoms with E-state index in [-0.39, 0.29) is 17.7 Å². The van der Waals surface area contributed by atoms with Crippen LogP contribution in [-0.4, -0.2) is 30.1 Å². The van der Waals surface area contributed by atoms with E-state index in [1.165, 1.54) is 6.07 Å². The average Bonchev–Trinajstić information content (AvgIpc) is 2.74. The summed E-state index contributed by atoms with van der Waals surface area (Å²) < 4.78 is 0.589. The van der Waals surface area contributed by atoms with Crippen molar-refractivity contribution >= 4 is 21.8 Å². The third-order valence-electron chi connectivity index (χ3n) is 2.60. The van der Waals surface area contributed by atoms with Gasteiger partial charge >= 0.3 is 0 Å². The van der Waals surface area contributed by atoms with Crippen molar-refractivity contribution in [3.63, 3.8) is 0 Å². The second kappa shape index (κ2) is 4.84. The largest absolute Gasteiger partial charge is 0.507 e. The number of rotatable bonds is 2. The molecule has 0 aliphatic carbocycles. The Bertz CT molecular complexity index is 403. The van der Waals surface area contributed by atoms with Gasteiger partial charge in [0.25, 0.3) is 5.91 Å². The molecule has 0 spiro atoms. The van der Waals surface area contributed by atoms with Crippen molar-refractivity contribution in [2.75, 3.05) is 13.1 Å².